The van der Waals surface area contributed by atoms with Crippen LogP contribution in [0.2, 0.25) is 0 Å². The molecule has 1 aromatic carbocycles. The first-order valence-electron chi connectivity index (χ1n) is 6.13. The Morgan fingerprint density at radius 1 is 1.35 bits per heavy atom. The number of phenolic OH excluding ortho intramolecular Hbond substituents is 1. The quantitative estimate of drug-likeness (QED) is 0.730. The fourth-order valence-electron chi connectivity index (χ4n) is 1.98. The van der Waals surface area contributed by atoms with Crippen molar-refractivity contribution in [1.82, 2.24) is 0 Å². The molecule has 1 atom stereocenters. The van der Waals surface area contributed by atoms with Crippen LogP contribution in [0.4, 0.5) is 0 Å². The van der Waals surface area contributed by atoms with E-state index in [4.69, 9.17) is 0 Å². The van der Waals surface area contributed by atoms with Crippen LogP contribution in [0.3, 0.4) is 0 Å². The highest BCUT2D eigenvalue weighted by molar-refractivity contribution is 5.38. The summed E-state index contributed by atoms with van der Waals surface area (Å²) in [7, 11) is 0. The van der Waals surface area contributed by atoms with E-state index in [0.29, 0.717) is 11.7 Å². The maximum atomic E-state index is 9.92. The van der Waals surface area contributed by atoms with Crippen molar-refractivity contribution in [3.8, 4) is 5.75 Å². The fourth-order valence-corrected chi connectivity index (χ4v) is 1.98. The molecule has 17 heavy (non-hydrogen) atoms. The average molecular weight is 230 g/mol. The van der Waals surface area contributed by atoms with Crippen LogP contribution < -0.4 is 0 Å². The Balaban J connectivity index is 3.06. The van der Waals surface area contributed by atoms with Gasteiger partial charge in [-0.3, -0.25) is 0 Å². The van der Waals surface area contributed by atoms with E-state index in [9.17, 15) is 5.11 Å². The normalized spacial score (nSPS) is 13.8. The van der Waals surface area contributed by atoms with E-state index in [2.05, 4.69) is 26.5 Å². The molecular weight excluding hydrogens is 208 g/mol. The lowest BCUT2D eigenvalue weighted by Crippen LogP contribution is -2.01. The first-order chi connectivity index (χ1) is 8.04. The highest BCUT2D eigenvalue weighted by Crippen LogP contribution is 2.32. The van der Waals surface area contributed by atoms with E-state index in [1.54, 1.807) is 6.07 Å². The van der Waals surface area contributed by atoms with Crippen molar-refractivity contribution >= 4 is 0 Å². The third-order valence-electron chi connectivity index (χ3n) is 2.85. The number of rotatable bonds is 5. The summed E-state index contributed by atoms with van der Waals surface area (Å²) in [5.74, 6) is 1.23. The summed E-state index contributed by atoms with van der Waals surface area (Å²) in [4.78, 5) is 0. The molecule has 92 valence electrons. The van der Waals surface area contributed by atoms with Crippen molar-refractivity contribution < 1.29 is 5.11 Å². The van der Waals surface area contributed by atoms with Crippen molar-refractivity contribution in [2.24, 2.45) is 5.92 Å². The highest BCUT2D eigenvalue weighted by Gasteiger charge is 2.14. The minimum atomic E-state index is 0.259. The van der Waals surface area contributed by atoms with Gasteiger partial charge in [0.2, 0.25) is 0 Å². The van der Waals surface area contributed by atoms with Gasteiger partial charge in [-0.05, 0) is 25.3 Å². The zero-order chi connectivity index (χ0) is 12.8. The van der Waals surface area contributed by atoms with Crippen LogP contribution in [-0.2, 0) is 0 Å². The number of hydrogen-bond donors (Lipinski definition) is 1. The molecule has 0 heterocycles. The van der Waals surface area contributed by atoms with Gasteiger partial charge in [-0.2, -0.15) is 0 Å². The first kappa shape index (κ1) is 13.6. The van der Waals surface area contributed by atoms with E-state index >= 15 is 0 Å². The van der Waals surface area contributed by atoms with Gasteiger partial charge in [0.05, 0.1) is 0 Å². The zero-order valence-corrected chi connectivity index (χ0v) is 11.0. The second-order valence-corrected chi connectivity index (χ2v) is 4.91. The number of para-hydroxylation sites is 1. The Morgan fingerprint density at radius 2 is 2.00 bits per heavy atom. The molecule has 0 spiro atoms. The number of allylic oxidation sites excluding steroid dienone is 3. The predicted molar refractivity (Wildman–Crippen MR) is 74.3 cm³/mol. The molecule has 0 fully saturated rings. The topological polar surface area (TPSA) is 20.2 Å². The maximum Gasteiger partial charge on any atom is 0.119 e. The molecule has 0 radical (unpaired) electrons. The zero-order valence-electron chi connectivity index (χ0n) is 11.0. The second-order valence-electron chi connectivity index (χ2n) is 4.91. The summed E-state index contributed by atoms with van der Waals surface area (Å²) in [6.45, 7) is 10.2. The van der Waals surface area contributed by atoms with Crippen LogP contribution in [0.15, 0.2) is 48.6 Å². The average Bonchev–Trinajstić information content (AvgIpc) is 2.28. The van der Waals surface area contributed by atoms with Crippen LogP contribution in [0.5, 0.6) is 5.75 Å². The molecule has 0 saturated heterocycles. The summed E-state index contributed by atoms with van der Waals surface area (Å²) >= 11 is 0. The molecule has 0 aliphatic rings. The van der Waals surface area contributed by atoms with Gasteiger partial charge in [-0.25, -0.2) is 0 Å². The Kier molecular flexibility index (Phi) is 5.02. The van der Waals surface area contributed by atoms with E-state index in [1.807, 2.05) is 31.2 Å². The summed E-state index contributed by atoms with van der Waals surface area (Å²) in [6, 6.07) is 7.57. The molecule has 1 rings (SSSR count). The van der Waals surface area contributed by atoms with Crippen LogP contribution in [0.25, 0.3) is 0 Å². The van der Waals surface area contributed by atoms with E-state index in [0.717, 1.165) is 17.6 Å². The molecular formula is C16H22O. The molecule has 0 amide bonds. The number of aromatic hydroxyl groups is 1. The first-order valence-corrected chi connectivity index (χ1v) is 6.13. The Bertz CT molecular complexity index is 402. The molecule has 1 unspecified atom stereocenters. The second kappa shape index (κ2) is 6.29. The highest BCUT2D eigenvalue weighted by atomic mass is 16.3. The smallest absolute Gasteiger partial charge is 0.119 e. The maximum absolute atomic E-state index is 9.92. The SMILES string of the molecule is C=C/C(C)=C\C(CC(C)C)c1ccccc1O. The molecule has 0 aliphatic carbocycles. The van der Waals surface area contributed by atoms with Gasteiger partial charge in [0.25, 0.3) is 0 Å². The van der Waals surface area contributed by atoms with Crippen LogP contribution in [-0.4, -0.2) is 5.11 Å². The molecule has 0 saturated carbocycles. The van der Waals surface area contributed by atoms with Crippen molar-refractivity contribution in [3.05, 3.63) is 54.1 Å². The van der Waals surface area contributed by atoms with Gasteiger partial charge < -0.3 is 5.11 Å². The summed E-state index contributed by atoms with van der Waals surface area (Å²) in [5, 5.41) is 9.92. The Morgan fingerprint density at radius 3 is 2.53 bits per heavy atom. The van der Waals surface area contributed by atoms with Crippen molar-refractivity contribution in [2.75, 3.05) is 0 Å². The standard InChI is InChI=1S/C16H22O/c1-5-13(4)11-14(10-12(2)3)15-8-6-7-9-16(15)17/h5-9,11-12,14,17H,1,10H2,2-4H3/b13-11-. The third kappa shape index (κ3) is 4.10. The third-order valence-corrected chi connectivity index (χ3v) is 2.85. The molecule has 1 N–H and O–H groups in total. The van der Waals surface area contributed by atoms with Crippen molar-refractivity contribution in [1.29, 1.82) is 0 Å². The van der Waals surface area contributed by atoms with Crippen LogP contribution in [0.1, 0.15) is 38.7 Å². The van der Waals surface area contributed by atoms with Crippen molar-refractivity contribution in [2.45, 2.75) is 33.1 Å². The number of benzene rings is 1. The molecule has 0 aromatic heterocycles. The summed E-state index contributed by atoms with van der Waals surface area (Å²) in [6.07, 6.45) is 5.07. The molecule has 0 aliphatic heterocycles. The minimum absolute atomic E-state index is 0.259. The van der Waals surface area contributed by atoms with Crippen LogP contribution >= 0.6 is 0 Å². The Hall–Kier alpha value is -1.50. The van der Waals surface area contributed by atoms with Gasteiger partial charge in [0, 0.05) is 11.5 Å². The Labute approximate surface area is 104 Å². The molecule has 0 bridgehead atoms. The number of phenols is 1. The van der Waals surface area contributed by atoms with Gasteiger partial charge in [-0.15, -0.1) is 0 Å². The summed E-state index contributed by atoms with van der Waals surface area (Å²) < 4.78 is 0. The molecule has 1 aromatic rings. The lowest BCUT2D eigenvalue weighted by molar-refractivity contribution is 0.456. The van der Waals surface area contributed by atoms with Crippen LogP contribution in [0, 0.1) is 5.92 Å². The molecule has 1 heteroatoms. The van der Waals surface area contributed by atoms with Gasteiger partial charge >= 0.3 is 0 Å². The minimum Gasteiger partial charge on any atom is -0.508 e. The van der Waals surface area contributed by atoms with Gasteiger partial charge in [0.15, 0.2) is 0 Å². The number of hydrogen-bond acceptors (Lipinski definition) is 1. The van der Waals surface area contributed by atoms with E-state index < -0.39 is 0 Å². The lowest BCUT2D eigenvalue weighted by atomic mass is 9.88. The summed E-state index contributed by atoms with van der Waals surface area (Å²) in [5.41, 5.74) is 2.15. The monoisotopic (exact) mass is 230 g/mol. The van der Waals surface area contributed by atoms with Gasteiger partial charge in [-0.1, -0.05) is 56.4 Å². The fraction of sp³-hybridized carbons (Fsp3) is 0.375. The van der Waals surface area contributed by atoms with Gasteiger partial charge in [0.1, 0.15) is 5.75 Å². The predicted octanol–water partition coefficient (Wildman–Crippen LogP) is 4.65. The molecule has 1 nitrogen and oxygen atoms in total. The van der Waals surface area contributed by atoms with E-state index in [-0.39, 0.29) is 5.92 Å². The van der Waals surface area contributed by atoms with E-state index in [1.165, 1.54) is 0 Å². The lowest BCUT2D eigenvalue weighted by Gasteiger charge is -2.17. The largest absolute Gasteiger partial charge is 0.508 e. The van der Waals surface area contributed by atoms with Crippen molar-refractivity contribution in [3.63, 3.8) is 0 Å².